The van der Waals surface area contributed by atoms with Crippen molar-refractivity contribution < 1.29 is 27.9 Å². The second-order valence-electron chi connectivity index (χ2n) is 5.76. The van der Waals surface area contributed by atoms with Crippen LogP contribution in [0.25, 0.3) is 11.4 Å². The summed E-state index contributed by atoms with van der Waals surface area (Å²) in [6, 6.07) is 4.46. The monoisotopic (exact) mass is 355 g/mol. The molecule has 136 valence electrons. The van der Waals surface area contributed by atoms with E-state index >= 15 is 0 Å². The van der Waals surface area contributed by atoms with Crippen molar-refractivity contribution in [2.45, 2.75) is 32.1 Å². The van der Waals surface area contributed by atoms with Crippen LogP contribution < -0.4 is 9.47 Å². The number of piperidine rings is 1. The predicted octanol–water partition coefficient (Wildman–Crippen LogP) is 2.30. The number of nitrogens with zero attached hydrogens (tertiary/aromatic N) is 3. The van der Waals surface area contributed by atoms with Gasteiger partial charge < -0.3 is 19.1 Å². The van der Waals surface area contributed by atoms with E-state index in [4.69, 9.17) is 9.26 Å². The van der Waals surface area contributed by atoms with Crippen molar-refractivity contribution in [1.29, 1.82) is 0 Å². The van der Waals surface area contributed by atoms with Gasteiger partial charge in [0.15, 0.2) is 11.5 Å². The molecule has 0 radical (unpaired) electrons. The third kappa shape index (κ3) is 4.43. The molecule has 1 aliphatic rings. The number of aromatic nitrogens is 2. The summed E-state index contributed by atoms with van der Waals surface area (Å²) >= 11 is 0. The van der Waals surface area contributed by atoms with Gasteiger partial charge in [0.1, 0.15) is 0 Å². The number of likely N-dealkylation sites (tertiary alicyclic amines) is 1. The summed E-state index contributed by atoms with van der Waals surface area (Å²) in [5.41, 5.74) is 0.572. The van der Waals surface area contributed by atoms with E-state index in [-0.39, 0.29) is 17.6 Å². The van der Waals surface area contributed by atoms with Crippen molar-refractivity contribution in [3.05, 3.63) is 24.1 Å². The fraction of sp³-hybridized carbons (Fsp3) is 0.500. The van der Waals surface area contributed by atoms with Gasteiger partial charge in [0.05, 0.1) is 19.8 Å². The molecular formula is C16H19F2N3O4. The first-order valence-electron chi connectivity index (χ1n) is 7.91. The van der Waals surface area contributed by atoms with E-state index in [0.717, 1.165) is 25.9 Å². The van der Waals surface area contributed by atoms with Crippen LogP contribution in [0.4, 0.5) is 8.78 Å². The van der Waals surface area contributed by atoms with Crippen molar-refractivity contribution in [3.8, 4) is 22.9 Å². The third-order valence-corrected chi connectivity index (χ3v) is 4.02. The summed E-state index contributed by atoms with van der Waals surface area (Å²) in [7, 11) is 1.36. The minimum atomic E-state index is -2.93. The topological polar surface area (TPSA) is 80.9 Å². The molecule has 0 amide bonds. The first-order chi connectivity index (χ1) is 12.0. The summed E-state index contributed by atoms with van der Waals surface area (Å²) in [6.07, 6.45) is 1.21. The maximum atomic E-state index is 12.4. The molecule has 1 N–H and O–H groups in total. The summed E-state index contributed by atoms with van der Waals surface area (Å²) in [6.45, 7) is -0.887. The zero-order chi connectivity index (χ0) is 17.8. The Morgan fingerprint density at radius 1 is 1.32 bits per heavy atom. The van der Waals surface area contributed by atoms with Crippen molar-refractivity contribution in [2.75, 3.05) is 20.2 Å². The first kappa shape index (κ1) is 17.6. The van der Waals surface area contributed by atoms with Crippen LogP contribution in [0.2, 0.25) is 0 Å². The van der Waals surface area contributed by atoms with Gasteiger partial charge >= 0.3 is 6.61 Å². The fourth-order valence-corrected chi connectivity index (χ4v) is 2.71. The predicted molar refractivity (Wildman–Crippen MR) is 83.4 cm³/mol. The number of halogens is 2. The summed E-state index contributed by atoms with van der Waals surface area (Å²) in [4.78, 5) is 6.46. The quantitative estimate of drug-likeness (QED) is 0.851. The molecule has 0 saturated carbocycles. The van der Waals surface area contributed by atoms with E-state index < -0.39 is 6.61 Å². The lowest BCUT2D eigenvalue weighted by Gasteiger charge is -2.27. The van der Waals surface area contributed by atoms with Gasteiger partial charge in [0.2, 0.25) is 11.7 Å². The molecule has 1 aliphatic heterocycles. The molecular weight excluding hydrogens is 336 g/mol. The smallest absolute Gasteiger partial charge is 0.387 e. The van der Waals surface area contributed by atoms with Gasteiger partial charge in [-0.05, 0) is 31.0 Å². The minimum absolute atomic E-state index is 0.0585. The van der Waals surface area contributed by atoms with Gasteiger partial charge in [-0.3, -0.25) is 4.90 Å². The molecule has 0 bridgehead atoms. The average molecular weight is 355 g/mol. The lowest BCUT2D eigenvalue weighted by molar-refractivity contribution is -0.0512. The maximum Gasteiger partial charge on any atom is 0.387 e. The van der Waals surface area contributed by atoms with Crippen molar-refractivity contribution in [2.24, 2.45) is 0 Å². The van der Waals surface area contributed by atoms with E-state index in [9.17, 15) is 13.9 Å². The highest BCUT2D eigenvalue weighted by Crippen LogP contribution is 2.32. The second-order valence-corrected chi connectivity index (χ2v) is 5.76. The number of alkyl halides is 2. The molecule has 2 aromatic rings. The molecule has 25 heavy (non-hydrogen) atoms. The molecule has 2 heterocycles. The molecule has 3 rings (SSSR count). The van der Waals surface area contributed by atoms with Crippen LogP contribution in [-0.4, -0.2) is 53.1 Å². The van der Waals surface area contributed by atoms with Crippen LogP contribution in [0.15, 0.2) is 22.7 Å². The Morgan fingerprint density at radius 3 is 2.76 bits per heavy atom. The molecule has 1 saturated heterocycles. The average Bonchev–Trinajstić information content (AvgIpc) is 3.05. The van der Waals surface area contributed by atoms with Gasteiger partial charge in [-0.25, -0.2) is 0 Å². The molecule has 0 unspecified atom stereocenters. The van der Waals surface area contributed by atoms with Crippen molar-refractivity contribution >= 4 is 0 Å². The van der Waals surface area contributed by atoms with Crippen LogP contribution in [0.1, 0.15) is 18.7 Å². The number of benzene rings is 1. The number of hydrogen-bond acceptors (Lipinski definition) is 7. The Kier molecular flexibility index (Phi) is 5.44. The van der Waals surface area contributed by atoms with Crippen LogP contribution in [0, 0.1) is 0 Å². The van der Waals surface area contributed by atoms with Gasteiger partial charge in [0.25, 0.3) is 0 Å². The van der Waals surface area contributed by atoms with E-state index in [1.807, 2.05) is 0 Å². The van der Waals surface area contributed by atoms with Crippen LogP contribution in [0.5, 0.6) is 11.5 Å². The van der Waals surface area contributed by atoms with E-state index in [1.54, 1.807) is 6.07 Å². The second kappa shape index (κ2) is 7.75. The molecule has 1 aromatic carbocycles. The number of ether oxygens (including phenoxy) is 2. The molecule has 1 aromatic heterocycles. The largest absolute Gasteiger partial charge is 0.493 e. The lowest BCUT2D eigenvalue weighted by Crippen LogP contribution is -2.35. The Labute approximate surface area is 143 Å². The Hall–Kier alpha value is -2.26. The number of rotatable bonds is 6. The number of aliphatic hydroxyl groups is 1. The maximum absolute atomic E-state index is 12.4. The Balaban J connectivity index is 1.71. The highest BCUT2D eigenvalue weighted by atomic mass is 19.3. The van der Waals surface area contributed by atoms with Gasteiger partial charge in [-0.1, -0.05) is 5.16 Å². The standard InChI is InChI=1S/C16H19F2N3O4/c1-23-13-8-10(2-3-12(13)24-16(17)18)15-19-14(25-20-15)9-21-6-4-11(22)5-7-21/h2-3,8,11,16,22H,4-7,9H2,1H3. The summed E-state index contributed by atoms with van der Waals surface area (Å²) in [5.74, 6) is 0.901. The minimum Gasteiger partial charge on any atom is -0.493 e. The molecule has 1 fully saturated rings. The Morgan fingerprint density at radius 2 is 2.08 bits per heavy atom. The van der Waals surface area contributed by atoms with E-state index in [2.05, 4.69) is 19.8 Å². The number of aliphatic hydroxyl groups excluding tert-OH is 1. The summed E-state index contributed by atoms with van der Waals surface area (Å²) < 4.78 is 39.5. The number of methoxy groups -OCH3 is 1. The Bertz CT molecular complexity index is 702. The van der Waals surface area contributed by atoms with Gasteiger partial charge in [-0.15, -0.1) is 0 Å². The fourth-order valence-electron chi connectivity index (χ4n) is 2.71. The molecule has 9 heteroatoms. The lowest BCUT2D eigenvalue weighted by atomic mass is 10.1. The molecule has 0 aliphatic carbocycles. The van der Waals surface area contributed by atoms with Crippen molar-refractivity contribution in [1.82, 2.24) is 15.0 Å². The van der Waals surface area contributed by atoms with Crippen LogP contribution >= 0.6 is 0 Å². The van der Waals surface area contributed by atoms with Crippen molar-refractivity contribution in [3.63, 3.8) is 0 Å². The highest BCUT2D eigenvalue weighted by molar-refractivity contribution is 5.60. The van der Waals surface area contributed by atoms with Crippen LogP contribution in [-0.2, 0) is 6.54 Å². The zero-order valence-electron chi connectivity index (χ0n) is 13.7. The summed E-state index contributed by atoms with van der Waals surface area (Å²) in [5, 5.41) is 13.5. The zero-order valence-corrected chi connectivity index (χ0v) is 13.7. The van der Waals surface area contributed by atoms with E-state index in [1.165, 1.54) is 19.2 Å². The highest BCUT2D eigenvalue weighted by Gasteiger charge is 2.20. The van der Waals surface area contributed by atoms with E-state index in [0.29, 0.717) is 23.8 Å². The van der Waals surface area contributed by atoms with Gasteiger partial charge in [-0.2, -0.15) is 13.8 Å². The van der Waals surface area contributed by atoms with Gasteiger partial charge in [0, 0.05) is 18.7 Å². The SMILES string of the molecule is COc1cc(-c2noc(CN3CCC(O)CC3)n2)ccc1OC(F)F. The number of hydrogen-bond donors (Lipinski definition) is 1. The molecule has 0 atom stereocenters. The molecule has 0 spiro atoms. The normalized spacial score (nSPS) is 16.4. The third-order valence-electron chi connectivity index (χ3n) is 4.02. The molecule has 7 nitrogen and oxygen atoms in total. The van der Waals surface area contributed by atoms with Crippen LogP contribution in [0.3, 0.4) is 0 Å². The first-order valence-corrected chi connectivity index (χ1v) is 7.91.